The van der Waals surface area contributed by atoms with Crippen LogP contribution in [0.15, 0.2) is 35.6 Å². The third-order valence-electron chi connectivity index (χ3n) is 2.97. The highest BCUT2D eigenvalue weighted by Gasteiger charge is 2.05. The molecule has 0 aliphatic rings. The maximum Gasteiger partial charge on any atom is 0.252 e. The first-order chi connectivity index (χ1) is 8.61. The Morgan fingerprint density at radius 3 is 2.83 bits per heavy atom. The number of hydrogen-bond donors (Lipinski definition) is 2. The molecular weight excluding hydrogens is 224 g/mol. The van der Waals surface area contributed by atoms with Crippen LogP contribution in [0.1, 0.15) is 16.7 Å². The van der Waals surface area contributed by atoms with Crippen LogP contribution >= 0.6 is 0 Å². The van der Waals surface area contributed by atoms with E-state index in [1.165, 1.54) is 5.56 Å². The van der Waals surface area contributed by atoms with Gasteiger partial charge >= 0.3 is 0 Å². The van der Waals surface area contributed by atoms with E-state index in [0.717, 1.165) is 22.0 Å². The first kappa shape index (κ1) is 12.6. The molecule has 2 N–H and O–H groups in total. The Bertz CT molecular complexity index is 641. The largest absolute Gasteiger partial charge is 0.321 e. The molecule has 0 radical (unpaired) electrons. The molecule has 0 bridgehead atoms. The SMILES string of the molecule is C=CCNCc1cc2cc(C)cc(C)c2[nH]c1=O. The second-order valence-electron chi connectivity index (χ2n) is 4.59. The Morgan fingerprint density at radius 2 is 2.11 bits per heavy atom. The van der Waals surface area contributed by atoms with Gasteiger partial charge in [-0.3, -0.25) is 4.79 Å². The molecule has 0 aliphatic heterocycles. The van der Waals surface area contributed by atoms with E-state index in [1.807, 2.05) is 13.0 Å². The lowest BCUT2D eigenvalue weighted by Gasteiger charge is -2.07. The van der Waals surface area contributed by atoms with Gasteiger partial charge in [0.1, 0.15) is 0 Å². The highest BCUT2D eigenvalue weighted by Crippen LogP contribution is 2.17. The summed E-state index contributed by atoms with van der Waals surface area (Å²) in [5.41, 5.74) is 3.98. The molecule has 2 aromatic rings. The van der Waals surface area contributed by atoms with Crippen LogP contribution in [-0.2, 0) is 6.54 Å². The van der Waals surface area contributed by atoms with Gasteiger partial charge in [-0.2, -0.15) is 0 Å². The zero-order valence-electron chi connectivity index (χ0n) is 10.8. The average molecular weight is 242 g/mol. The maximum absolute atomic E-state index is 11.9. The molecule has 0 fully saturated rings. The minimum atomic E-state index is -0.0222. The third kappa shape index (κ3) is 2.51. The van der Waals surface area contributed by atoms with Crippen molar-refractivity contribution >= 4 is 10.9 Å². The molecule has 0 saturated heterocycles. The lowest BCUT2D eigenvalue weighted by molar-refractivity contribution is 0.753. The summed E-state index contributed by atoms with van der Waals surface area (Å²) in [4.78, 5) is 14.9. The Labute approximate surface area is 107 Å². The van der Waals surface area contributed by atoms with E-state index in [1.54, 1.807) is 6.08 Å². The zero-order chi connectivity index (χ0) is 13.1. The molecule has 3 heteroatoms. The standard InChI is InChI=1S/C15H18N2O/c1-4-5-16-9-13-8-12-7-10(2)6-11(3)14(12)17-15(13)18/h4,6-8,16H,1,5,9H2,2-3H3,(H,17,18). The smallest absolute Gasteiger partial charge is 0.252 e. The number of pyridine rings is 1. The molecule has 0 atom stereocenters. The molecule has 0 spiro atoms. The van der Waals surface area contributed by atoms with Crippen LogP contribution in [0.5, 0.6) is 0 Å². The van der Waals surface area contributed by atoms with Crippen molar-refractivity contribution in [3.63, 3.8) is 0 Å². The van der Waals surface area contributed by atoms with E-state index < -0.39 is 0 Å². The minimum absolute atomic E-state index is 0.0222. The van der Waals surface area contributed by atoms with Crippen molar-refractivity contribution in [3.05, 3.63) is 57.9 Å². The highest BCUT2D eigenvalue weighted by molar-refractivity contribution is 5.82. The van der Waals surface area contributed by atoms with E-state index >= 15 is 0 Å². The van der Waals surface area contributed by atoms with Gasteiger partial charge in [0.2, 0.25) is 0 Å². The van der Waals surface area contributed by atoms with Gasteiger partial charge in [0, 0.05) is 18.7 Å². The van der Waals surface area contributed by atoms with Crippen molar-refractivity contribution in [3.8, 4) is 0 Å². The van der Waals surface area contributed by atoms with Crippen LogP contribution in [0, 0.1) is 13.8 Å². The van der Waals surface area contributed by atoms with E-state index in [-0.39, 0.29) is 5.56 Å². The van der Waals surface area contributed by atoms with Crippen molar-refractivity contribution < 1.29 is 0 Å². The summed E-state index contributed by atoms with van der Waals surface area (Å²) in [6.45, 7) is 8.97. The second kappa shape index (κ2) is 5.19. The molecule has 0 amide bonds. The summed E-state index contributed by atoms with van der Waals surface area (Å²) >= 11 is 0. The lowest BCUT2D eigenvalue weighted by Crippen LogP contribution is -2.21. The summed E-state index contributed by atoms with van der Waals surface area (Å²) in [7, 11) is 0. The second-order valence-corrected chi connectivity index (χ2v) is 4.59. The topological polar surface area (TPSA) is 44.9 Å². The molecular formula is C15H18N2O. The third-order valence-corrected chi connectivity index (χ3v) is 2.97. The fraction of sp³-hybridized carbons (Fsp3) is 0.267. The van der Waals surface area contributed by atoms with Crippen molar-refractivity contribution in [1.29, 1.82) is 0 Å². The Morgan fingerprint density at radius 1 is 1.33 bits per heavy atom. The molecule has 1 aromatic carbocycles. The predicted molar refractivity (Wildman–Crippen MR) is 75.9 cm³/mol. The Kier molecular flexibility index (Phi) is 3.63. The molecule has 18 heavy (non-hydrogen) atoms. The van der Waals surface area contributed by atoms with Crippen LogP contribution in [0.3, 0.4) is 0 Å². The van der Waals surface area contributed by atoms with Gasteiger partial charge in [-0.25, -0.2) is 0 Å². The normalized spacial score (nSPS) is 10.8. The molecule has 3 nitrogen and oxygen atoms in total. The van der Waals surface area contributed by atoms with Crippen LogP contribution in [0.25, 0.3) is 10.9 Å². The van der Waals surface area contributed by atoms with E-state index in [2.05, 4.69) is 35.9 Å². The molecule has 1 heterocycles. The monoisotopic (exact) mass is 242 g/mol. The summed E-state index contributed by atoms with van der Waals surface area (Å²) in [6, 6.07) is 6.13. The first-order valence-electron chi connectivity index (χ1n) is 6.06. The van der Waals surface area contributed by atoms with E-state index in [9.17, 15) is 4.79 Å². The molecule has 94 valence electrons. The minimum Gasteiger partial charge on any atom is -0.321 e. The number of fused-ring (bicyclic) bond motifs is 1. The van der Waals surface area contributed by atoms with E-state index in [4.69, 9.17) is 0 Å². The van der Waals surface area contributed by atoms with Gasteiger partial charge in [-0.15, -0.1) is 6.58 Å². The van der Waals surface area contributed by atoms with Crippen LogP contribution in [0.2, 0.25) is 0 Å². The van der Waals surface area contributed by atoms with Crippen molar-refractivity contribution in [2.75, 3.05) is 6.54 Å². The van der Waals surface area contributed by atoms with Gasteiger partial charge in [0.15, 0.2) is 0 Å². The number of rotatable bonds is 4. The summed E-state index contributed by atoms with van der Waals surface area (Å²) in [5.74, 6) is 0. The summed E-state index contributed by atoms with van der Waals surface area (Å²) in [5, 5.41) is 4.23. The summed E-state index contributed by atoms with van der Waals surface area (Å²) in [6.07, 6.45) is 1.78. The van der Waals surface area contributed by atoms with Gasteiger partial charge < -0.3 is 10.3 Å². The van der Waals surface area contributed by atoms with Gasteiger partial charge in [-0.05, 0) is 36.9 Å². The predicted octanol–water partition coefficient (Wildman–Crippen LogP) is 2.42. The number of aryl methyl sites for hydroxylation is 2. The highest BCUT2D eigenvalue weighted by atomic mass is 16.1. The average Bonchev–Trinajstić information content (AvgIpc) is 2.31. The maximum atomic E-state index is 11.9. The van der Waals surface area contributed by atoms with Gasteiger partial charge in [0.25, 0.3) is 5.56 Å². The molecule has 0 aliphatic carbocycles. The van der Waals surface area contributed by atoms with Gasteiger partial charge in [0.05, 0.1) is 5.52 Å². The Hall–Kier alpha value is -1.87. The fourth-order valence-electron chi connectivity index (χ4n) is 2.17. The fourth-order valence-corrected chi connectivity index (χ4v) is 2.17. The number of H-pyrrole nitrogens is 1. The van der Waals surface area contributed by atoms with Crippen molar-refractivity contribution in [2.24, 2.45) is 0 Å². The quantitative estimate of drug-likeness (QED) is 0.639. The molecule has 1 aromatic heterocycles. The van der Waals surface area contributed by atoms with Crippen LogP contribution in [0.4, 0.5) is 0 Å². The molecule has 2 rings (SSSR count). The van der Waals surface area contributed by atoms with Gasteiger partial charge in [-0.1, -0.05) is 17.7 Å². The number of nitrogens with one attached hydrogen (secondary N) is 2. The lowest BCUT2D eigenvalue weighted by atomic mass is 10.1. The van der Waals surface area contributed by atoms with Crippen LogP contribution in [-0.4, -0.2) is 11.5 Å². The number of aromatic amines is 1. The number of aromatic nitrogens is 1. The molecule has 0 unspecified atom stereocenters. The number of hydrogen-bond acceptors (Lipinski definition) is 2. The van der Waals surface area contributed by atoms with Crippen molar-refractivity contribution in [1.82, 2.24) is 10.3 Å². The Balaban J connectivity index is 2.47. The zero-order valence-corrected chi connectivity index (χ0v) is 10.8. The number of benzene rings is 1. The van der Waals surface area contributed by atoms with E-state index in [0.29, 0.717) is 13.1 Å². The van der Waals surface area contributed by atoms with Crippen LogP contribution < -0.4 is 10.9 Å². The summed E-state index contributed by atoms with van der Waals surface area (Å²) < 4.78 is 0. The molecule has 0 saturated carbocycles. The first-order valence-corrected chi connectivity index (χ1v) is 6.06. The van der Waals surface area contributed by atoms with Crippen molar-refractivity contribution in [2.45, 2.75) is 20.4 Å².